The van der Waals surface area contributed by atoms with Gasteiger partial charge in [0.2, 0.25) is 0 Å². The van der Waals surface area contributed by atoms with Crippen molar-refractivity contribution in [3.63, 3.8) is 0 Å². The number of benzene rings is 2. The van der Waals surface area contributed by atoms with Gasteiger partial charge in [-0.1, -0.05) is 36.4 Å². The number of nitrogens with zero attached hydrogens (tertiary/aromatic N) is 1. The molecule has 1 atom stereocenters. The number of aliphatic hydroxyl groups excluding tert-OH is 1. The van der Waals surface area contributed by atoms with Gasteiger partial charge in [0.15, 0.2) is 0 Å². The van der Waals surface area contributed by atoms with Crippen molar-refractivity contribution in [3.05, 3.63) is 88.1 Å². The number of rotatable bonds is 5. The van der Waals surface area contributed by atoms with Crippen LogP contribution in [0, 0.1) is 0 Å². The molecular formula is C23H19NO4S. The number of ether oxygens (including phenoxy) is 1. The fraction of sp³-hybridized carbons (Fsp3) is 0.130. The first kappa shape index (κ1) is 19.0. The van der Waals surface area contributed by atoms with Crippen molar-refractivity contribution in [1.29, 1.82) is 0 Å². The van der Waals surface area contributed by atoms with Crippen LogP contribution in [0.15, 0.2) is 77.7 Å². The van der Waals surface area contributed by atoms with Crippen molar-refractivity contribution >= 4 is 34.5 Å². The first-order chi connectivity index (χ1) is 14.1. The third kappa shape index (κ3) is 3.43. The van der Waals surface area contributed by atoms with Gasteiger partial charge in [0.05, 0.1) is 12.2 Å². The van der Waals surface area contributed by atoms with Crippen LogP contribution < -0.4 is 9.64 Å². The molecule has 1 aromatic heterocycles. The Hall–Kier alpha value is -3.38. The summed E-state index contributed by atoms with van der Waals surface area (Å²) < 4.78 is 5.47. The van der Waals surface area contributed by atoms with Crippen LogP contribution in [-0.2, 0) is 9.59 Å². The zero-order valence-corrected chi connectivity index (χ0v) is 16.6. The van der Waals surface area contributed by atoms with Crippen LogP contribution in [0.4, 0.5) is 5.69 Å². The number of hydrogen-bond acceptors (Lipinski definition) is 5. The number of carbonyl (C=O) groups excluding carboxylic acids is 2. The van der Waals surface area contributed by atoms with E-state index in [0.717, 1.165) is 4.88 Å². The normalized spacial score (nSPS) is 18.2. The van der Waals surface area contributed by atoms with Gasteiger partial charge in [-0.15, -0.1) is 11.3 Å². The Labute approximate surface area is 172 Å². The molecule has 1 amide bonds. The van der Waals surface area contributed by atoms with Gasteiger partial charge >= 0.3 is 0 Å². The highest BCUT2D eigenvalue weighted by Gasteiger charge is 2.47. The van der Waals surface area contributed by atoms with Crippen molar-refractivity contribution in [3.8, 4) is 5.75 Å². The lowest BCUT2D eigenvalue weighted by molar-refractivity contribution is -0.132. The minimum absolute atomic E-state index is 0.0949. The molecule has 29 heavy (non-hydrogen) atoms. The van der Waals surface area contributed by atoms with E-state index in [9.17, 15) is 14.7 Å². The summed E-state index contributed by atoms with van der Waals surface area (Å²) in [6.07, 6.45) is 0. The minimum Gasteiger partial charge on any atom is -0.507 e. The number of amides is 1. The second-order valence-electron chi connectivity index (χ2n) is 6.48. The van der Waals surface area contributed by atoms with E-state index in [4.69, 9.17) is 4.74 Å². The highest BCUT2D eigenvalue weighted by Crippen LogP contribution is 2.43. The fourth-order valence-electron chi connectivity index (χ4n) is 3.44. The number of carbonyl (C=O) groups is 2. The van der Waals surface area contributed by atoms with Crippen LogP contribution in [0.5, 0.6) is 5.75 Å². The molecule has 1 aliphatic heterocycles. The summed E-state index contributed by atoms with van der Waals surface area (Å²) in [6.45, 7) is 2.43. The van der Waals surface area contributed by atoms with E-state index >= 15 is 0 Å². The number of thiophene rings is 1. The number of ketones is 1. The number of aliphatic hydroxyl groups is 1. The lowest BCUT2D eigenvalue weighted by Crippen LogP contribution is -2.29. The third-order valence-electron chi connectivity index (χ3n) is 4.73. The monoisotopic (exact) mass is 405 g/mol. The topological polar surface area (TPSA) is 66.8 Å². The predicted molar refractivity (Wildman–Crippen MR) is 113 cm³/mol. The van der Waals surface area contributed by atoms with Crippen LogP contribution in [0.3, 0.4) is 0 Å². The molecule has 5 nitrogen and oxygen atoms in total. The molecule has 0 radical (unpaired) electrons. The fourth-order valence-corrected chi connectivity index (χ4v) is 4.26. The van der Waals surface area contributed by atoms with Crippen LogP contribution in [0.2, 0.25) is 0 Å². The molecule has 1 saturated heterocycles. The second-order valence-corrected chi connectivity index (χ2v) is 7.46. The largest absolute Gasteiger partial charge is 0.507 e. The maximum atomic E-state index is 13.0. The number of hydrogen-bond donors (Lipinski definition) is 1. The highest BCUT2D eigenvalue weighted by molar-refractivity contribution is 7.10. The summed E-state index contributed by atoms with van der Waals surface area (Å²) in [5, 5.41) is 12.8. The molecule has 1 N–H and O–H groups in total. The van der Waals surface area contributed by atoms with Gasteiger partial charge < -0.3 is 9.84 Å². The number of anilines is 1. The van der Waals surface area contributed by atoms with E-state index in [0.29, 0.717) is 23.6 Å². The van der Waals surface area contributed by atoms with Crippen molar-refractivity contribution in [2.45, 2.75) is 13.0 Å². The minimum atomic E-state index is -0.696. The quantitative estimate of drug-likeness (QED) is 0.377. The summed E-state index contributed by atoms with van der Waals surface area (Å²) in [4.78, 5) is 28.2. The molecule has 1 fully saturated rings. The van der Waals surface area contributed by atoms with Gasteiger partial charge in [-0.05, 0) is 42.6 Å². The smallest absolute Gasteiger partial charge is 0.300 e. The first-order valence-electron chi connectivity index (χ1n) is 9.24. The van der Waals surface area contributed by atoms with E-state index in [-0.39, 0.29) is 11.3 Å². The Morgan fingerprint density at radius 1 is 1.03 bits per heavy atom. The van der Waals surface area contributed by atoms with Gasteiger partial charge in [-0.25, -0.2) is 0 Å². The van der Waals surface area contributed by atoms with Crippen LogP contribution in [0.1, 0.15) is 23.4 Å². The maximum Gasteiger partial charge on any atom is 0.300 e. The predicted octanol–water partition coefficient (Wildman–Crippen LogP) is 4.77. The molecule has 3 aromatic rings. The molecule has 146 valence electrons. The molecule has 2 heterocycles. The molecule has 4 rings (SSSR count). The Balaban J connectivity index is 1.85. The molecule has 0 saturated carbocycles. The average molecular weight is 405 g/mol. The van der Waals surface area contributed by atoms with Crippen molar-refractivity contribution in [1.82, 2.24) is 0 Å². The standard InChI is InChI=1S/C23H19NO4S/c1-2-28-17-12-10-16(11-13-17)24-20(18-9-6-14-29-18)19(22(26)23(24)27)21(25)15-7-4-3-5-8-15/h3-14,20,25H,2H2,1H3/b21-19-. The Morgan fingerprint density at radius 3 is 2.38 bits per heavy atom. The van der Waals surface area contributed by atoms with Crippen LogP contribution >= 0.6 is 11.3 Å². The van der Waals surface area contributed by atoms with Gasteiger partial charge in [0, 0.05) is 16.1 Å². The van der Waals surface area contributed by atoms with E-state index < -0.39 is 17.7 Å². The second kappa shape index (κ2) is 7.93. The van der Waals surface area contributed by atoms with Crippen molar-refractivity contribution < 1.29 is 19.4 Å². The van der Waals surface area contributed by atoms with E-state index in [1.165, 1.54) is 16.2 Å². The molecule has 0 bridgehead atoms. The highest BCUT2D eigenvalue weighted by atomic mass is 32.1. The Kier molecular flexibility index (Phi) is 5.18. The molecule has 6 heteroatoms. The molecule has 0 aliphatic carbocycles. The van der Waals surface area contributed by atoms with Gasteiger partial charge in [0.25, 0.3) is 11.7 Å². The van der Waals surface area contributed by atoms with Gasteiger partial charge in [-0.3, -0.25) is 14.5 Å². The summed E-state index contributed by atoms with van der Waals surface area (Å²) >= 11 is 1.43. The van der Waals surface area contributed by atoms with Crippen molar-refractivity contribution in [2.24, 2.45) is 0 Å². The molecule has 0 spiro atoms. The summed E-state index contributed by atoms with van der Waals surface area (Å²) in [5.41, 5.74) is 1.16. The molecule has 2 aromatic carbocycles. The Morgan fingerprint density at radius 2 is 1.76 bits per heavy atom. The SMILES string of the molecule is CCOc1ccc(N2C(=O)C(=O)/C(=C(\O)c3ccccc3)C2c2cccs2)cc1. The average Bonchev–Trinajstić information content (AvgIpc) is 3.36. The lowest BCUT2D eigenvalue weighted by atomic mass is 10.00. The van der Waals surface area contributed by atoms with Gasteiger partial charge in [0.1, 0.15) is 17.6 Å². The number of Topliss-reactive ketones (excluding diaryl/α,β-unsaturated/α-hetero) is 1. The van der Waals surface area contributed by atoms with Crippen LogP contribution in [0.25, 0.3) is 5.76 Å². The van der Waals surface area contributed by atoms with Gasteiger partial charge in [-0.2, -0.15) is 0 Å². The Bertz CT molecular complexity index is 1060. The maximum absolute atomic E-state index is 13.0. The zero-order chi connectivity index (χ0) is 20.4. The lowest BCUT2D eigenvalue weighted by Gasteiger charge is -2.24. The third-order valence-corrected chi connectivity index (χ3v) is 5.65. The zero-order valence-electron chi connectivity index (χ0n) is 15.7. The molecule has 1 aliphatic rings. The van der Waals surface area contributed by atoms with E-state index in [2.05, 4.69) is 0 Å². The van der Waals surface area contributed by atoms with Crippen LogP contribution in [-0.4, -0.2) is 23.4 Å². The summed E-state index contributed by atoms with van der Waals surface area (Å²) in [7, 11) is 0. The summed E-state index contributed by atoms with van der Waals surface area (Å²) in [5.74, 6) is -0.843. The first-order valence-corrected chi connectivity index (χ1v) is 10.1. The van der Waals surface area contributed by atoms with Crippen molar-refractivity contribution in [2.75, 3.05) is 11.5 Å². The molecule has 1 unspecified atom stereocenters. The van der Waals surface area contributed by atoms with E-state index in [1.54, 1.807) is 48.5 Å². The molecular weight excluding hydrogens is 386 g/mol. The van der Waals surface area contributed by atoms with E-state index in [1.807, 2.05) is 30.5 Å². The summed E-state index contributed by atoms with van der Waals surface area (Å²) in [6, 6.07) is 18.9.